The van der Waals surface area contributed by atoms with Gasteiger partial charge in [0.25, 0.3) is 0 Å². The minimum atomic E-state index is -1.11. The van der Waals surface area contributed by atoms with Crippen LogP contribution in [0.5, 0.6) is 5.75 Å². The van der Waals surface area contributed by atoms with Crippen LogP contribution in [0.1, 0.15) is 44.9 Å². The molecule has 0 radical (unpaired) electrons. The lowest BCUT2D eigenvalue weighted by Crippen LogP contribution is -2.43. The maximum Gasteiger partial charge on any atom is 0.225 e. The molecule has 1 aromatic rings. The van der Waals surface area contributed by atoms with Gasteiger partial charge in [-0.3, -0.25) is 4.79 Å². The van der Waals surface area contributed by atoms with Gasteiger partial charge in [-0.2, -0.15) is 0 Å². The van der Waals surface area contributed by atoms with Gasteiger partial charge in [0.1, 0.15) is 23.8 Å². The zero-order valence-electron chi connectivity index (χ0n) is 14.4. The first kappa shape index (κ1) is 18.1. The Kier molecular flexibility index (Phi) is 5.29. The van der Waals surface area contributed by atoms with Crippen LogP contribution in [0.15, 0.2) is 24.3 Å². The molecule has 1 saturated carbocycles. The van der Waals surface area contributed by atoms with Crippen LogP contribution in [-0.2, 0) is 4.79 Å². The maximum absolute atomic E-state index is 12.9. The highest BCUT2D eigenvalue weighted by Gasteiger charge is 2.41. The number of ether oxygens (including phenoxy) is 1. The summed E-state index contributed by atoms with van der Waals surface area (Å²) in [6.07, 6.45) is 4.93. The average Bonchev–Trinajstić information content (AvgIpc) is 2.98. The van der Waals surface area contributed by atoms with Crippen molar-refractivity contribution in [2.24, 2.45) is 0 Å². The Bertz CT molecular complexity index is 600. The number of amides is 1. The van der Waals surface area contributed by atoms with Crippen molar-refractivity contribution in [2.75, 3.05) is 19.7 Å². The molecule has 138 valence electrons. The quantitative estimate of drug-likeness (QED) is 0.854. The highest BCUT2D eigenvalue weighted by atomic mass is 19.1. The van der Waals surface area contributed by atoms with E-state index in [1.165, 1.54) is 24.3 Å². The van der Waals surface area contributed by atoms with Gasteiger partial charge in [-0.1, -0.05) is 19.3 Å². The molecule has 1 atom stereocenters. The summed E-state index contributed by atoms with van der Waals surface area (Å²) in [5, 5.41) is 21.2. The zero-order chi connectivity index (χ0) is 17.9. The zero-order valence-corrected chi connectivity index (χ0v) is 14.4. The Hall–Kier alpha value is -1.66. The number of halogens is 1. The molecule has 0 unspecified atom stereocenters. The highest BCUT2D eigenvalue weighted by molar-refractivity contribution is 5.77. The fourth-order valence-electron chi connectivity index (χ4n) is 3.72. The van der Waals surface area contributed by atoms with Crippen LogP contribution in [-0.4, -0.2) is 51.9 Å². The van der Waals surface area contributed by atoms with Crippen molar-refractivity contribution in [1.82, 2.24) is 4.90 Å². The first-order valence-electron chi connectivity index (χ1n) is 8.99. The van der Waals surface area contributed by atoms with Crippen LogP contribution in [0.2, 0.25) is 0 Å². The number of hydrogen-bond acceptors (Lipinski definition) is 4. The van der Waals surface area contributed by atoms with Gasteiger partial charge < -0.3 is 19.8 Å². The van der Waals surface area contributed by atoms with Crippen molar-refractivity contribution in [2.45, 2.75) is 56.1 Å². The van der Waals surface area contributed by atoms with Crippen LogP contribution in [0.25, 0.3) is 0 Å². The summed E-state index contributed by atoms with van der Waals surface area (Å²) in [6, 6.07) is 5.62. The van der Waals surface area contributed by atoms with E-state index in [0.29, 0.717) is 31.6 Å². The van der Waals surface area contributed by atoms with Gasteiger partial charge in [0.05, 0.1) is 18.6 Å². The largest absolute Gasteiger partial charge is 0.491 e. The number of nitrogens with zero attached hydrogens (tertiary/aromatic N) is 1. The van der Waals surface area contributed by atoms with E-state index < -0.39 is 11.2 Å². The van der Waals surface area contributed by atoms with Crippen molar-refractivity contribution in [1.29, 1.82) is 0 Å². The van der Waals surface area contributed by atoms with Gasteiger partial charge in [-0.15, -0.1) is 0 Å². The number of rotatable bonds is 5. The molecule has 5 nitrogen and oxygen atoms in total. The fourth-order valence-corrected chi connectivity index (χ4v) is 3.72. The lowest BCUT2D eigenvalue weighted by Gasteiger charge is -2.33. The summed E-state index contributed by atoms with van der Waals surface area (Å²) in [5.74, 6) is 0.0302. The Labute approximate surface area is 147 Å². The van der Waals surface area contributed by atoms with Crippen LogP contribution in [0.3, 0.4) is 0 Å². The maximum atomic E-state index is 12.9. The number of carbonyl (C=O) groups excluding carboxylic acids is 1. The number of carbonyl (C=O) groups is 1. The third kappa shape index (κ3) is 4.70. The van der Waals surface area contributed by atoms with E-state index in [0.717, 1.165) is 19.3 Å². The molecular formula is C19H26FNO4. The van der Waals surface area contributed by atoms with E-state index in [1.807, 2.05) is 0 Å². The van der Waals surface area contributed by atoms with E-state index in [9.17, 15) is 19.4 Å². The predicted molar refractivity (Wildman–Crippen MR) is 90.7 cm³/mol. The molecule has 1 aliphatic heterocycles. The molecule has 0 spiro atoms. The smallest absolute Gasteiger partial charge is 0.225 e. The molecular weight excluding hydrogens is 325 g/mol. The molecule has 1 heterocycles. The Morgan fingerprint density at radius 3 is 2.44 bits per heavy atom. The van der Waals surface area contributed by atoms with Gasteiger partial charge in [0.15, 0.2) is 0 Å². The molecule has 0 bridgehead atoms. The second-order valence-corrected chi connectivity index (χ2v) is 7.49. The Morgan fingerprint density at radius 1 is 1.08 bits per heavy atom. The van der Waals surface area contributed by atoms with Crippen molar-refractivity contribution in [3.8, 4) is 5.75 Å². The molecule has 3 rings (SSSR count). The predicted octanol–water partition coefficient (Wildman–Crippen LogP) is 2.25. The summed E-state index contributed by atoms with van der Waals surface area (Å²) in [7, 11) is 0. The summed E-state index contributed by atoms with van der Waals surface area (Å²) < 4.78 is 18.4. The van der Waals surface area contributed by atoms with Gasteiger partial charge in [0, 0.05) is 6.54 Å². The molecule has 1 aliphatic carbocycles. The van der Waals surface area contributed by atoms with Crippen molar-refractivity contribution < 1.29 is 24.1 Å². The molecule has 2 N–H and O–H groups in total. The number of benzene rings is 1. The van der Waals surface area contributed by atoms with E-state index in [2.05, 4.69) is 0 Å². The topological polar surface area (TPSA) is 70.0 Å². The summed E-state index contributed by atoms with van der Waals surface area (Å²) in [5.41, 5.74) is -2.00. The molecule has 2 aliphatic rings. The Morgan fingerprint density at radius 2 is 1.76 bits per heavy atom. The number of hydrogen-bond donors (Lipinski definition) is 2. The second-order valence-electron chi connectivity index (χ2n) is 7.49. The Balaban J connectivity index is 1.51. The van der Waals surface area contributed by atoms with Crippen molar-refractivity contribution in [3.05, 3.63) is 30.1 Å². The monoisotopic (exact) mass is 351 g/mol. The van der Waals surface area contributed by atoms with Crippen LogP contribution < -0.4 is 4.74 Å². The number of β-amino-alcohol motifs (C(OH)–C–C–N with tert-alkyl or cyclic N) is 1. The normalized spacial score (nSPS) is 25.8. The first-order chi connectivity index (χ1) is 11.9. The summed E-state index contributed by atoms with van der Waals surface area (Å²) in [6.45, 7) is 0.702. The molecule has 2 fully saturated rings. The molecule has 25 heavy (non-hydrogen) atoms. The third-order valence-electron chi connectivity index (χ3n) is 5.27. The highest BCUT2D eigenvalue weighted by Crippen LogP contribution is 2.32. The van der Waals surface area contributed by atoms with Gasteiger partial charge in [-0.05, 0) is 43.5 Å². The minimum Gasteiger partial charge on any atom is -0.491 e. The summed E-state index contributed by atoms with van der Waals surface area (Å²) >= 11 is 0. The fraction of sp³-hybridized carbons (Fsp3) is 0.632. The molecule has 1 saturated heterocycles. The van der Waals surface area contributed by atoms with Crippen LogP contribution in [0.4, 0.5) is 4.39 Å². The standard InChI is InChI=1S/C19H26FNO4/c20-15-4-6-16(7-5-15)25-14-19(24)10-11-21(13-19)17(22)12-18(23)8-2-1-3-9-18/h4-7,23-24H,1-3,8-14H2/t19-/m0/s1. The van der Waals surface area contributed by atoms with E-state index in [-0.39, 0.29) is 31.3 Å². The lowest BCUT2D eigenvalue weighted by atomic mass is 9.82. The number of aliphatic hydroxyl groups is 2. The van der Waals surface area contributed by atoms with Crippen molar-refractivity contribution in [3.63, 3.8) is 0 Å². The molecule has 1 aromatic carbocycles. The SMILES string of the molecule is O=C(CC1(O)CCCCC1)N1CC[C@@](O)(COc2ccc(F)cc2)C1. The average molecular weight is 351 g/mol. The third-order valence-corrected chi connectivity index (χ3v) is 5.27. The second kappa shape index (κ2) is 7.30. The first-order valence-corrected chi connectivity index (χ1v) is 8.99. The van der Waals surface area contributed by atoms with Crippen molar-refractivity contribution >= 4 is 5.91 Å². The number of likely N-dealkylation sites (tertiary alicyclic amines) is 1. The van der Waals surface area contributed by atoms with Gasteiger partial charge >= 0.3 is 0 Å². The molecule has 1 amide bonds. The van der Waals surface area contributed by atoms with E-state index in [4.69, 9.17) is 4.74 Å². The van der Waals surface area contributed by atoms with E-state index in [1.54, 1.807) is 4.90 Å². The minimum absolute atomic E-state index is 0.0483. The van der Waals surface area contributed by atoms with Gasteiger partial charge in [-0.25, -0.2) is 4.39 Å². The molecule has 6 heteroatoms. The van der Waals surface area contributed by atoms with Crippen LogP contribution >= 0.6 is 0 Å². The van der Waals surface area contributed by atoms with Crippen LogP contribution in [0, 0.1) is 5.82 Å². The molecule has 0 aromatic heterocycles. The van der Waals surface area contributed by atoms with E-state index >= 15 is 0 Å². The van der Waals surface area contributed by atoms with Gasteiger partial charge in [0.2, 0.25) is 5.91 Å². The lowest BCUT2D eigenvalue weighted by molar-refractivity contribution is -0.138. The summed E-state index contributed by atoms with van der Waals surface area (Å²) in [4.78, 5) is 14.1.